The summed E-state index contributed by atoms with van der Waals surface area (Å²) < 4.78 is 10.6. The number of carbonyl (C=O) groups is 2. The standard InChI is InChI=1S/C25H27N3O4S/c1-16-26-21(15-33-16)18-5-4-6-20(12-18)27-25(30)19-13-24(29)28(14-19)10-9-17-7-8-22(31-2)23(11-17)32-3/h4-8,11-12,15,19H,9-10,13-14H2,1-3H3,(H,27,30)/t19-/m1/s1. The third kappa shape index (κ3) is 5.34. The summed E-state index contributed by atoms with van der Waals surface area (Å²) in [5, 5.41) is 5.97. The highest BCUT2D eigenvalue weighted by Crippen LogP contribution is 2.29. The molecule has 0 saturated carbocycles. The Morgan fingerprint density at radius 2 is 2.00 bits per heavy atom. The Bertz CT molecular complexity index is 1160. The summed E-state index contributed by atoms with van der Waals surface area (Å²) in [7, 11) is 3.20. The van der Waals surface area contributed by atoms with Gasteiger partial charge in [0.15, 0.2) is 11.5 Å². The van der Waals surface area contributed by atoms with Crippen molar-refractivity contribution in [1.29, 1.82) is 0 Å². The number of benzene rings is 2. The van der Waals surface area contributed by atoms with Crippen molar-refractivity contribution >= 4 is 28.8 Å². The number of ether oxygens (including phenoxy) is 2. The fraction of sp³-hybridized carbons (Fsp3) is 0.320. The van der Waals surface area contributed by atoms with E-state index in [9.17, 15) is 9.59 Å². The number of aromatic nitrogens is 1. The second-order valence-electron chi connectivity index (χ2n) is 8.00. The first-order valence-corrected chi connectivity index (χ1v) is 11.7. The first kappa shape index (κ1) is 22.8. The first-order chi connectivity index (χ1) is 16.0. The van der Waals surface area contributed by atoms with Crippen molar-refractivity contribution < 1.29 is 19.1 Å². The number of nitrogens with zero attached hydrogens (tertiary/aromatic N) is 2. The summed E-state index contributed by atoms with van der Waals surface area (Å²) >= 11 is 1.59. The van der Waals surface area contributed by atoms with Crippen LogP contribution in [0.25, 0.3) is 11.3 Å². The number of nitrogens with one attached hydrogen (secondary N) is 1. The number of hydrogen-bond acceptors (Lipinski definition) is 6. The van der Waals surface area contributed by atoms with Gasteiger partial charge in [-0.05, 0) is 43.2 Å². The molecule has 33 heavy (non-hydrogen) atoms. The van der Waals surface area contributed by atoms with Crippen LogP contribution in [-0.2, 0) is 16.0 Å². The molecule has 0 spiro atoms. The van der Waals surface area contributed by atoms with E-state index in [1.54, 1.807) is 30.5 Å². The van der Waals surface area contributed by atoms with E-state index >= 15 is 0 Å². The average molecular weight is 466 g/mol. The molecule has 172 valence electrons. The van der Waals surface area contributed by atoms with Crippen LogP contribution in [0.2, 0.25) is 0 Å². The Morgan fingerprint density at radius 3 is 2.73 bits per heavy atom. The van der Waals surface area contributed by atoms with E-state index in [0.717, 1.165) is 21.8 Å². The van der Waals surface area contributed by atoms with Gasteiger partial charge in [-0.1, -0.05) is 18.2 Å². The molecule has 2 amide bonds. The molecule has 7 nitrogen and oxygen atoms in total. The molecular formula is C25H27N3O4S. The molecule has 1 saturated heterocycles. The van der Waals surface area contributed by atoms with Crippen LogP contribution in [0, 0.1) is 12.8 Å². The predicted octanol–water partition coefficient (Wildman–Crippen LogP) is 4.17. The molecule has 0 aliphatic carbocycles. The third-order valence-corrected chi connectivity index (χ3v) is 6.52. The summed E-state index contributed by atoms with van der Waals surface area (Å²) in [6.07, 6.45) is 0.901. The summed E-state index contributed by atoms with van der Waals surface area (Å²) in [4.78, 5) is 31.6. The van der Waals surface area contributed by atoms with Crippen LogP contribution >= 0.6 is 11.3 Å². The van der Waals surface area contributed by atoms with Crippen molar-refractivity contribution in [3.05, 3.63) is 58.4 Å². The zero-order valence-corrected chi connectivity index (χ0v) is 19.8. The van der Waals surface area contributed by atoms with E-state index in [-0.39, 0.29) is 24.2 Å². The van der Waals surface area contributed by atoms with Crippen LogP contribution in [-0.4, -0.2) is 49.0 Å². The van der Waals surface area contributed by atoms with E-state index in [2.05, 4.69) is 10.3 Å². The van der Waals surface area contributed by atoms with Gasteiger partial charge < -0.3 is 19.7 Å². The molecular weight excluding hydrogens is 438 g/mol. The molecule has 1 N–H and O–H groups in total. The van der Waals surface area contributed by atoms with Gasteiger partial charge in [-0.3, -0.25) is 9.59 Å². The zero-order chi connectivity index (χ0) is 23.4. The quantitative estimate of drug-likeness (QED) is 0.540. The minimum Gasteiger partial charge on any atom is -0.493 e. The molecule has 8 heteroatoms. The number of aryl methyl sites for hydroxylation is 1. The number of methoxy groups -OCH3 is 2. The monoisotopic (exact) mass is 465 g/mol. The number of amides is 2. The maximum absolute atomic E-state index is 12.9. The van der Waals surface area contributed by atoms with Gasteiger partial charge in [0.1, 0.15) is 0 Å². The number of rotatable bonds is 8. The van der Waals surface area contributed by atoms with Gasteiger partial charge in [0.25, 0.3) is 0 Å². The molecule has 1 aromatic heterocycles. The van der Waals surface area contributed by atoms with Crippen molar-refractivity contribution in [2.45, 2.75) is 19.8 Å². The molecule has 0 unspecified atom stereocenters. The maximum Gasteiger partial charge on any atom is 0.229 e. The van der Waals surface area contributed by atoms with Crippen molar-refractivity contribution in [2.24, 2.45) is 5.92 Å². The van der Waals surface area contributed by atoms with E-state index in [1.807, 2.05) is 54.8 Å². The van der Waals surface area contributed by atoms with Gasteiger partial charge in [0.2, 0.25) is 11.8 Å². The van der Waals surface area contributed by atoms with Crippen molar-refractivity contribution in [1.82, 2.24) is 9.88 Å². The fourth-order valence-corrected chi connectivity index (χ4v) is 4.58. The van der Waals surface area contributed by atoms with E-state index in [4.69, 9.17) is 9.47 Å². The average Bonchev–Trinajstić information content (AvgIpc) is 3.43. The molecule has 1 aliphatic heterocycles. The lowest BCUT2D eigenvalue weighted by Crippen LogP contribution is -2.30. The number of carbonyl (C=O) groups excluding carboxylic acids is 2. The van der Waals surface area contributed by atoms with Crippen molar-refractivity contribution in [2.75, 3.05) is 32.6 Å². The minimum absolute atomic E-state index is 0.00215. The molecule has 2 heterocycles. The summed E-state index contributed by atoms with van der Waals surface area (Å²) in [5.74, 6) is 0.832. The predicted molar refractivity (Wildman–Crippen MR) is 129 cm³/mol. The minimum atomic E-state index is -0.368. The van der Waals surface area contributed by atoms with Crippen LogP contribution < -0.4 is 14.8 Å². The second-order valence-corrected chi connectivity index (χ2v) is 9.06. The van der Waals surface area contributed by atoms with Crippen LogP contribution in [0.3, 0.4) is 0 Å². The highest BCUT2D eigenvalue weighted by Gasteiger charge is 2.34. The first-order valence-electron chi connectivity index (χ1n) is 10.8. The molecule has 1 fully saturated rings. The summed E-state index contributed by atoms with van der Waals surface area (Å²) in [6.45, 7) is 2.94. The lowest BCUT2D eigenvalue weighted by atomic mass is 10.1. The van der Waals surface area contributed by atoms with Gasteiger partial charge in [-0.2, -0.15) is 0 Å². The van der Waals surface area contributed by atoms with Crippen LogP contribution in [0.1, 0.15) is 17.0 Å². The number of hydrogen-bond donors (Lipinski definition) is 1. The third-order valence-electron chi connectivity index (χ3n) is 5.75. The maximum atomic E-state index is 12.9. The highest BCUT2D eigenvalue weighted by atomic mass is 32.1. The van der Waals surface area contributed by atoms with Crippen molar-refractivity contribution in [3.63, 3.8) is 0 Å². The number of thiazole rings is 1. The number of anilines is 1. The molecule has 4 rings (SSSR count). The second kappa shape index (κ2) is 10.0. The lowest BCUT2D eigenvalue weighted by molar-refractivity contribution is -0.128. The molecule has 0 bridgehead atoms. The SMILES string of the molecule is COc1ccc(CCN2C[C@H](C(=O)Nc3cccc(-c4csc(C)n4)c3)CC2=O)cc1OC. The lowest BCUT2D eigenvalue weighted by Gasteiger charge is -2.17. The Morgan fingerprint density at radius 1 is 1.18 bits per heavy atom. The summed E-state index contributed by atoms with van der Waals surface area (Å²) in [5.41, 5.74) is 3.60. The molecule has 2 aromatic carbocycles. The van der Waals surface area contributed by atoms with Gasteiger partial charge in [0.05, 0.1) is 30.8 Å². The Balaban J connectivity index is 1.35. The zero-order valence-electron chi connectivity index (χ0n) is 19.0. The van der Waals surface area contributed by atoms with E-state index in [0.29, 0.717) is 36.7 Å². The van der Waals surface area contributed by atoms with Crippen molar-refractivity contribution in [3.8, 4) is 22.8 Å². The topological polar surface area (TPSA) is 80.8 Å². The Labute approximate surface area is 197 Å². The Kier molecular flexibility index (Phi) is 6.93. The number of likely N-dealkylation sites (tertiary alicyclic amines) is 1. The van der Waals surface area contributed by atoms with E-state index in [1.165, 1.54) is 0 Å². The van der Waals surface area contributed by atoms with Gasteiger partial charge >= 0.3 is 0 Å². The van der Waals surface area contributed by atoms with Gasteiger partial charge in [-0.25, -0.2) is 4.98 Å². The smallest absolute Gasteiger partial charge is 0.229 e. The Hall–Kier alpha value is -3.39. The molecule has 3 aromatic rings. The van der Waals surface area contributed by atoms with Crippen LogP contribution in [0.5, 0.6) is 11.5 Å². The van der Waals surface area contributed by atoms with Gasteiger partial charge in [0, 0.05) is 36.1 Å². The van der Waals surface area contributed by atoms with Crippen LogP contribution in [0.15, 0.2) is 47.8 Å². The van der Waals surface area contributed by atoms with Crippen LogP contribution in [0.4, 0.5) is 5.69 Å². The molecule has 0 radical (unpaired) electrons. The molecule has 1 aliphatic rings. The highest BCUT2D eigenvalue weighted by molar-refractivity contribution is 7.09. The largest absolute Gasteiger partial charge is 0.493 e. The summed E-state index contributed by atoms with van der Waals surface area (Å²) in [6, 6.07) is 13.4. The fourth-order valence-electron chi connectivity index (χ4n) is 3.96. The van der Waals surface area contributed by atoms with E-state index < -0.39 is 0 Å². The normalized spacial score (nSPS) is 15.5. The molecule has 1 atom stereocenters. The van der Waals surface area contributed by atoms with Gasteiger partial charge in [-0.15, -0.1) is 11.3 Å².